The molecule has 0 bridgehead atoms. The van der Waals surface area contributed by atoms with E-state index in [4.69, 9.17) is 4.42 Å². The molecule has 110 heavy (non-hydrogen) atoms. The van der Waals surface area contributed by atoms with E-state index >= 15 is 0 Å². The number of hydrogen-bond acceptors (Lipinski definition) is 6. The maximum Gasteiger partial charge on any atom is 0.136 e. The second-order valence-electron chi connectivity index (χ2n) is 27.7. The summed E-state index contributed by atoms with van der Waals surface area (Å²) in [6, 6.07) is 142. The maximum atomic E-state index is 6.27. The van der Waals surface area contributed by atoms with Crippen molar-refractivity contribution < 1.29 is 4.42 Å². The lowest BCUT2D eigenvalue weighted by molar-refractivity contribution is 0.575. The zero-order valence-corrected chi connectivity index (χ0v) is 61.1. The summed E-state index contributed by atoms with van der Waals surface area (Å²) in [5.74, 6) is 0. The van der Waals surface area contributed by atoms with E-state index in [0.717, 1.165) is 61.4 Å². The number of allylic oxidation sites excluding steroid dienone is 1. The largest absolute Gasteiger partial charge is 0.456 e. The van der Waals surface area contributed by atoms with Crippen LogP contribution in [0, 0.1) is 0 Å². The number of nitrogens with zero attached hydrogens (tertiary/aromatic N) is 3. The number of rotatable bonds is 12. The molecule has 19 aromatic rings. The molecule has 0 saturated carbocycles. The van der Waals surface area contributed by atoms with E-state index in [1.807, 2.05) is 53.8 Å². The Bertz CT molecular complexity index is 6710. The molecule has 0 aliphatic carbocycles. The van der Waals surface area contributed by atoms with Crippen LogP contribution in [0.2, 0.25) is 0 Å². The molecular weight excluding hydrogens is 1350 g/mol. The minimum absolute atomic E-state index is 0.698. The second-order valence-corrected chi connectivity index (χ2v) is 28.8. The Kier molecular flexibility index (Phi) is 17.4. The van der Waals surface area contributed by atoms with Crippen molar-refractivity contribution in [3.05, 3.63) is 423 Å². The molecule has 17 aromatic carbocycles. The average Bonchev–Trinajstić information content (AvgIpc) is 0.936. The number of thiophene rings is 1. The summed E-state index contributed by atoms with van der Waals surface area (Å²) in [5.41, 5.74) is 28.1. The zero-order valence-electron chi connectivity index (χ0n) is 60.3. The van der Waals surface area contributed by atoms with Crippen LogP contribution >= 0.6 is 11.3 Å². The molecule has 0 atom stereocenters. The van der Waals surface area contributed by atoms with Crippen LogP contribution in [-0.4, -0.2) is 0 Å². The molecule has 0 saturated heterocycles. The van der Waals surface area contributed by atoms with Crippen molar-refractivity contribution in [2.75, 3.05) is 20.0 Å². The van der Waals surface area contributed by atoms with Crippen molar-refractivity contribution in [3.8, 4) is 66.8 Å². The summed E-state index contributed by atoms with van der Waals surface area (Å²) in [6.07, 6.45) is 1.99. The van der Waals surface area contributed by atoms with Crippen molar-refractivity contribution in [3.63, 3.8) is 0 Å². The van der Waals surface area contributed by atoms with Crippen molar-refractivity contribution in [2.45, 2.75) is 0 Å². The number of para-hydroxylation sites is 5. The van der Waals surface area contributed by atoms with Gasteiger partial charge in [0.15, 0.2) is 0 Å². The number of fused-ring (bicyclic) bond motifs is 8. The fourth-order valence-electron chi connectivity index (χ4n) is 16.0. The van der Waals surface area contributed by atoms with Gasteiger partial charge in [-0.05, 0) is 182 Å². The summed E-state index contributed by atoms with van der Waals surface area (Å²) < 4.78 is 9.03. The molecule has 0 unspecified atom stereocenters. The number of benzene rings is 17. The third-order valence-corrected chi connectivity index (χ3v) is 22.3. The minimum Gasteiger partial charge on any atom is -0.456 e. The molecule has 2 aliphatic rings. The zero-order chi connectivity index (χ0) is 73.4. The Morgan fingerprint density at radius 3 is 1.13 bits per heavy atom. The first-order valence-corrected chi connectivity index (χ1v) is 38.1. The maximum absolute atomic E-state index is 6.27. The van der Waals surface area contributed by atoms with Gasteiger partial charge in [0.25, 0.3) is 0 Å². The molecule has 0 spiro atoms. The van der Waals surface area contributed by atoms with Crippen molar-refractivity contribution in [1.82, 2.24) is 0 Å². The van der Waals surface area contributed by atoms with E-state index in [1.165, 1.54) is 126 Å². The van der Waals surface area contributed by atoms with Crippen LogP contribution in [0.3, 0.4) is 0 Å². The lowest BCUT2D eigenvalue weighted by Gasteiger charge is -2.34. The van der Waals surface area contributed by atoms with Gasteiger partial charge in [0.05, 0.1) is 22.7 Å². The van der Waals surface area contributed by atoms with Gasteiger partial charge < -0.3 is 24.4 Å². The molecule has 1 N–H and O–H groups in total. The first-order valence-electron chi connectivity index (χ1n) is 37.2. The molecule has 520 valence electrons. The highest BCUT2D eigenvalue weighted by Gasteiger charge is 2.29. The smallest absolute Gasteiger partial charge is 0.136 e. The summed E-state index contributed by atoms with van der Waals surface area (Å²) >= 11 is 1.86. The van der Waals surface area contributed by atoms with E-state index in [2.05, 4.69) is 397 Å². The second kappa shape index (κ2) is 28.9. The van der Waals surface area contributed by atoms with Gasteiger partial charge in [0, 0.05) is 98.6 Å². The number of anilines is 10. The van der Waals surface area contributed by atoms with E-state index in [-0.39, 0.29) is 0 Å². The first kappa shape index (κ1) is 66.4. The molecule has 2 aromatic heterocycles. The van der Waals surface area contributed by atoms with Crippen molar-refractivity contribution in [2.24, 2.45) is 0 Å². The van der Waals surface area contributed by atoms with Gasteiger partial charge in [-0.3, -0.25) is 0 Å². The van der Waals surface area contributed by atoms with E-state index in [0.29, 0.717) is 5.42 Å². The SMILES string of the molecule is C=C(/C=c1/oc2ccccc2c1=C)N(c1ccc(-c2ccccc2)cc1)c1ccc(-c2ccc3c4c(cccc24)N(c2ccccc2)c2ccccc2-3)cc1.c1ccc(-c2ccc(Nc3ccc(-c4ccc5c6c(cccc46)N(c4ccccc4)c4ccccc4-5)cc3)cc2)cc1.c1ccc2c(c1)sc1ccccc12. The summed E-state index contributed by atoms with van der Waals surface area (Å²) in [5, 5.41) is 13.2. The van der Waals surface area contributed by atoms with Crippen LogP contribution in [0.15, 0.2) is 417 Å². The summed E-state index contributed by atoms with van der Waals surface area (Å²) in [7, 11) is 0. The number of nitrogens with one attached hydrogen (secondary N) is 1. The highest BCUT2D eigenvalue weighted by molar-refractivity contribution is 7.25. The molecule has 0 fully saturated rings. The number of hydrogen-bond donors (Lipinski definition) is 1. The highest BCUT2D eigenvalue weighted by Crippen LogP contribution is 2.54. The van der Waals surface area contributed by atoms with Crippen LogP contribution in [0.5, 0.6) is 0 Å². The van der Waals surface area contributed by atoms with Crippen LogP contribution < -0.4 is 30.7 Å². The molecule has 0 radical (unpaired) electrons. The molecule has 0 amide bonds. The van der Waals surface area contributed by atoms with E-state index < -0.39 is 0 Å². The van der Waals surface area contributed by atoms with Gasteiger partial charge in [-0.1, -0.05) is 298 Å². The molecule has 5 nitrogen and oxygen atoms in total. The third kappa shape index (κ3) is 12.4. The minimum atomic E-state index is 0.698. The van der Waals surface area contributed by atoms with Gasteiger partial charge in [0.1, 0.15) is 11.0 Å². The molecule has 4 heterocycles. The Morgan fingerprint density at radius 2 is 0.655 bits per heavy atom. The summed E-state index contributed by atoms with van der Waals surface area (Å²) in [4.78, 5) is 6.96. The molecule has 6 heteroatoms. The van der Waals surface area contributed by atoms with E-state index in [1.54, 1.807) is 0 Å². The lowest BCUT2D eigenvalue weighted by atomic mass is 9.87. The summed E-state index contributed by atoms with van der Waals surface area (Å²) in [6.45, 7) is 8.93. The fourth-order valence-corrected chi connectivity index (χ4v) is 17.1. The monoisotopic (exact) mass is 1420 g/mol. The van der Waals surface area contributed by atoms with Gasteiger partial charge in [-0.15, -0.1) is 11.3 Å². The van der Waals surface area contributed by atoms with Crippen LogP contribution in [-0.2, 0) is 0 Å². The van der Waals surface area contributed by atoms with Gasteiger partial charge in [-0.25, -0.2) is 0 Å². The topological polar surface area (TPSA) is 34.9 Å². The highest BCUT2D eigenvalue weighted by atomic mass is 32.1. The number of furan rings is 1. The van der Waals surface area contributed by atoms with Crippen molar-refractivity contribution in [1.29, 1.82) is 0 Å². The Balaban J connectivity index is 0.000000130. The van der Waals surface area contributed by atoms with Crippen LogP contribution in [0.1, 0.15) is 0 Å². The predicted molar refractivity (Wildman–Crippen MR) is 469 cm³/mol. The predicted octanol–water partition coefficient (Wildman–Crippen LogP) is 28.3. The Hall–Kier alpha value is -14.3. The lowest BCUT2D eigenvalue weighted by Crippen LogP contribution is -2.22. The molecular formula is C104H72N4OS. The van der Waals surface area contributed by atoms with E-state index in [9.17, 15) is 0 Å². The molecule has 21 rings (SSSR count). The standard InChI is InChI=1S/C52H36N2O.C40H28N2.C12H8S/c1-35(34-51-36(2)43-18-10-12-23-50(43)55-51)53(41-28-24-38(25-29-41)37-14-5-3-6-15-37)42-30-26-39(27-31-42)44-32-33-47-45-19-9-11-21-48(45)54(40-16-7-4-8-17-40)49-22-13-20-46(44)52(47)49;1-3-10-28(11-4-1)29-18-22-31(23-19-29)41-32-24-20-30(21-25-32)34-26-27-37-35-14-7-8-16-38(35)42(33-12-5-2-6-13-33)39-17-9-15-36(34)40(37)39;1-3-7-11-9(5-1)10-6-2-4-8-12(10)13-11/h3-34H,1-2H2;1-27,41H;1-8H/b51-34+;;. The Labute approximate surface area is 643 Å². The fraction of sp³-hybridized carbons (Fsp3) is 0. The normalized spacial score (nSPS) is 11.9. The van der Waals surface area contributed by atoms with Crippen molar-refractivity contribution >= 4 is 134 Å². The quantitative estimate of drug-likeness (QED) is 0.132. The Morgan fingerprint density at radius 1 is 0.300 bits per heavy atom. The van der Waals surface area contributed by atoms with Gasteiger partial charge in [-0.2, -0.15) is 0 Å². The van der Waals surface area contributed by atoms with Crippen LogP contribution in [0.25, 0.3) is 132 Å². The average molecular weight is 1430 g/mol. The third-order valence-electron chi connectivity index (χ3n) is 21.2. The van der Waals surface area contributed by atoms with Gasteiger partial charge >= 0.3 is 0 Å². The van der Waals surface area contributed by atoms with Crippen LogP contribution in [0.4, 0.5) is 56.9 Å². The molecule has 2 aliphatic heterocycles. The van der Waals surface area contributed by atoms with Gasteiger partial charge in [0.2, 0.25) is 0 Å². The first-order chi connectivity index (χ1) is 54.4.